The maximum absolute atomic E-state index is 9.32. The summed E-state index contributed by atoms with van der Waals surface area (Å²) in [6, 6.07) is 12.8. The monoisotopic (exact) mass is 279 g/mol. The summed E-state index contributed by atoms with van der Waals surface area (Å²) < 4.78 is 5.66. The molecule has 2 aromatic carbocycles. The summed E-state index contributed by atoms with van der Waals surface area (Å²) in [5.41, 5.74) is 7.22. The summed E-state index contributed by atoms with van der Waals surface area (Å²) in [5, 5.41) is 9.32. The fourth-order valence-corrected chi connectivity index (χ4v) is 1.75. The normalized spacial score (nSPS) is 9.74. The minimum absolute atomic E-state index is 0. The lowest BCUT2D eigenvalue weighted by Gasteiger charge is -2.08. The fraction of sp³-hybridized carbons (Fsp3) is 0.200. The lowest BCUT2D eigenvalue weighted by atomic mass is 10.1. The molecular formula is C15H18ClNO2. The van der Waals surface area contributed by atoms with E-state index in [1.54, 1.807) is 12.1 Å². The van der Waals surface area contributed by atoms with Crippen molar-refractivity contribution < 1.29 is 9.84 Å². The van der Waals surface area contributed by atoms with Gasteiger partial charge < -0.3 is 15.6 Å². The molecule has 0 unspecified atom stereocenters. The Morgan fingerprint density at radius 2 is 1.68 bits per heavy atom. The largest absolute Gasteiger partial charge is 0.506 e. The van der Waals surface area contributed by atoms with Crippen LogP contribution in [-0.2, 0) is 6.42 Å². The van der Waals surface area contributed by atoms with Crippen molar-refractivity contribution in [1.29, 1.82) is 0 Å². The van der Waals surface area contributed by atoms with Crippen LogP contribution in [-0.4, -0.2) is 5.11 Å². The molecule has 0 aromatic heterocycles. The Bertz CT molecular complexity index is 526. The third kappa shape index (κ3) is 4.07. The van der Waals surface area contributed by atoms with E-state index in [-0.39, 0.29) is 18.2 Å². The van der Waals surface area contributed by atoms with Gasteiger partial charge >= 0.3 is 0 Å². The molecule has 0 saturated heterocycles. The Balaban J connectivity index is 0.00000180. The van der Waals surface area contributed by atoms with Crippen molar-refractivity contribution in [2.24, 2.45) is 0 Å². The van der Waals surface area contributed by atoms with Crippen molar-refractivity contribution in [3.8, 4) is 17.2 Å². The first kappa shape index (κ1) is 15.2. The van der Waals surface area contributed by atoms with E-state index in [0.29, 0.717) is 11.4 Å². The molecule has 0 bridgehead atoms. The van der Waals surface area contributed by atoms with Crippen LogP contribution in [0.4, 0.5) is 5.69 Å². The summed E-state index contributed by atoms with van der Waals surface area (Å²) in [6.45, 7) is 2.16. The van der Waals surface area contributed by atoms with Crippen LogP contribution in [0.1, 0.15) is 18.9 Å². The maximum Gasteiger partial charge on any atom is 0.138 e. The Hall–Kier alpha value is -1.87. The predicted molar refractivity (Wildman–Crippen MR) is 80.3 cm³/mol. The molecule has 0 radical (unpaired) electrons. The number of phenolic OH excluding ortho intramolecular Hbond substituents is 1. The number of nitrogens with two attached hydrogens (primary N) is 1. The molecular weight excluding hydrogens is 262 g/mol. The summed E-state index contributed by atoms with van der Waals surface area (Å²) >= 11 is 0. The number of anilines is 1. The molecule has 0 saturated carbocycles. The molecule has 0 heterocycles. The molecule has 0 amide bonds. The highest BCUT2D eigenvalue weighted by Gasteiger charge is 2.01. The van der Waals surface area contributed by atoms with E-state index >= 15 is 0 Å². The Morgan fingerprint density at radius 1 is 1.05 bits per heavy atom. The Kier molecular flexibility index (Phi) is 5.52. The number of aromatic hydroxyl groups is 1. The molecule has 19 heavy (non-hydrogen) atoms. The van der Waals surface area contributed by atoms with Gasteiger partial charge in [-0.1, -0.05) is 25.5 Å². The van der Waals surface area contributed by atoms with Crippen molar-refractivity contribution in [2.75, 3.05) is 5.73 Å². The highest BCUT2D eigenvalue weighted by molar-refractivity contribution is 5.85. The molecule has 0 aliphatic rings. The van der Waals surface area contributed by atoms with E-state index in [4.69, 9.17) is 10.5 Å². The van der Waals surface area contributed by atoms with E-state index < -0.39 is 0 Å². The van der Waals surface area contributed by atoms with Crippen LogP contribution in [0.3, 0.4) is 0 Å². The van der Waals surface area contributed by atoms with Crippen LogP contribution < -0.4 is 10.5 Å². The van der Waals surface area contributed by atoms with Crippen molar-refractivity contribution in [2.45, 2.75) is 19.8 Å². The van der Waals surface area contributed by atoms with E-state index in [9.17, 15) is 5.11 Å². The number of hydrogen-bond acceptors (Lipinski definition) is 3. The van der Waals surface area contributed by atoms with Gasteiger partial charge in [-0.05, 0) is 36.2 Å². The second-order valence-corrected chi connectivity index (χ2v) is 4.22. The summed E-state index contributed by atoms with van der Waals surface area (Å²) in [7, 11) is 0. The second kappa shape index (κ2) is 6.90. The van der Waals surface area contributed by atoms with Gasteiger partial charge in [-0.3, -0.25) is 0 Å². The van der Waals surface area contributed by atoms with Gasteiger partial charge in [0.25, 0.3) is 0 Å². The number of halogens is 1. The van der Waals surface area contributed by atoms with Crippen LogP contribution in [0.15, 0.2) is 42.5 Å². The first-order chi connectivity index (χ1) is 8.69. The number of aryl methyl sites for hydroxylation is 1. The number of ether oxygens (including phenoxy) is 1. The number of phenols is 1. The van der Waals surface area contributed by atoms with Crippen molar-refractivity contribution in [1.82, 2.24) is 0 Å². The number of nitrogen functional groups attached to an aromatic ring is 1. The highest BCUT2D eigenvalue weighted by Crippen LogP contribution is 2.28. The summed E-state index contributed by atoms with van der Waals surface area (Å²) in [6.07, 6.45) is 2.21. The number of hydrogen-bond donors (Lipinski definition) is 2. The average molecular weight is 280 g/mol. The molecule has 3 nitrogen and oxygen atoms in total. The van der Waals surface area contributed by atoms with Gasteiger partial charge in [-0.2, -0.15) is 0 Å². The zero-order valence-corrected chi connectivity index (χ0v) is 11.6. The molecule has 0 aliphatic carbocycles. The van der Waals surface area contributed by atoms with Crippen molar-refractivity contribution >= 4 is 18.1 Å². The zero-order valence-electron chi connectivity index (χ0n) is 10.8. The van der Waals surface area contributed by atoms with Crippen molar-refractivity contribution in [3.63, 3.8) is 0 Å². The second-order valence-electron chi connectivity index (χ2n) is 4.22. The number of benzene rings is 2. The summed E-state index contributed by atoms with van der Waals surface area (Å²) in [4.78, 5) is 0. The van der Waals surface area contributed by atoms with Crippen LogP contribution in [0.2, 0.25) is 0 Å². The smallest absolute Gasteiger partial charge is 0.138 e. The minimum atomic E-state index is 0. The minimum Gasteiger partial charge on any atom is -0.506 e. The quantitative estimate of drug-likeness (QED) is 0.653. The van der Waals surface area contributed by atoms with Crippen LogP contribution >= 0.6 is 12.4 Å². The lowest BCUT2D eigenvalue weighted by Crippen LogP contribution is -1.89. The van der Waals surface area contributed by atoms with E-state index in [0.717, 1.165) is 18.6 Å². The third-order valence-corrected chi connectivity index (χ3v) is 2.70. The first-order valence-corrected chi connectivity index (χ1v) is 6.04. The van der Waals surface area contributed by atoms with Crippen LogP contribution in [0, 0.1) is 0 Å². The molecule has 0 aliphatic heterocycles. The fourth-order valence-electron chi connectivity index (χ4n) is 1.75. The van der Waals surface area contributed by atoms with Gasteiger partial charge in [0.1, 0.15) is 17.2 Å². The van der Waals surface area contributed by atoms with Gasteiger partial charge in [-0.15, -0.1) is 12.4 Å². The van der Waals surface area contributed by atoms with Gasteiger partial charge in [0, 0.05) is 6.07 Å². The van der Waals surface area contributed by atoms with Crippen LogP contribution in [0.5, 0.6) is 17.2 Å². The van der Waals surface area contributed by atoms with E-state index in [1.807, 2.05) is 12.1 Å². The third-order valence-electron chi connectivity index (χ3n) is 2.70. The van der Waals surface area contributed by atoms with Gasteiger partial charge in [-0.25, -0.2) is 0 Å². The van der Waals surface area contributed by atoms with Gasteiger partial charge in [0.2, 0.25) is 0 Å². The van der Waals surface area contributed by atoms with Gasteiger partial charge in [0.15, 0.2) is 0 Å². The van der Waals surface area contributed by atoms with Gasteiger partial charge in [0.05, 0.1) is 5.69 Å². The molecule has 2 aromatic rings. The van der Waals surface area contributed by atoms with Crippen molar-refractivity contribution in [3.05, 3.63) is 48.0 Å². The SMILES string of the molecule is CCCc1ccc(Oc2ccc(O)c(N)c2)cc1.Cl. The summed E-state index contributed by atoms with van der Waals surface area (Å²) in [5.74, 6) is 1.45. The average Bonchev–Trinajstić information content (AvgIpc) is 2.37. The topological polar surface area (TPSA) is 55.5 Å². The lowest BCUT2D eigenvalue weighted by molar-refractivity contribution is 0.466. The molecule has 0 fully saturated rings. The standard InChI is InChI=1S/C15H17NO2.ClH/c1-2-3-11-4-6-12(7-5-11)18-13-8-9-15(17)14(16)10-13;/h4-10,17H,2-3,16H2,1H3;1H. The Morgan fingerprint density at radius 3 is 2.26 bits per heavy atom. The molecule has 0 atom stereocenters. The molecule has 2 rings (SSSR count). The molecule has 102 valence electrons. The highest BCUT2D eigenvalue weighted by atomic mass is 35.5. The molecule has 0 spiro atoms. The predicted octanol–water partition coefficient (Wildman–Crippen LogP) is 4.14. The number of rotatable bonds is 4. The van der Waals surface area contributed by atoms with E-state index in [1.165, 1.54) is 11.6 Å². The van der Waals surface area contributed by atoms with E-state index in [2.05, 4.69) is 19.1 Å². The Labute approximate surface area is 119 Å². The molecule has 4 heteroatoms. The molecule has 3 N–H and O–H groups in total. The van der Waals surface area contributed by atoms with Crippen LogP contribution in [0.25, 0.3) is 0 Å². The first-order valence-electron chi connectivity index (χ1n) is 6.04. The maximum atomic E-state index is 9.32. The zero-order chi connectivity index (χ0) is 13.0.